The van der Waals surface area contributed by atoms with Crippen LogP contribution < -0.4 is 9.97 Å². The third-order valence-corrected chi connectivity index (χ3v) is 4.84. The average molecular weight is 606 g/mol. The van der Waals surface area contributed by atoms with Gasteiger partial charge < -0.3 is 49.3 Å². The van der Waals surface area contributed by atoms with Gasteiger partial charge in [-0.2, -0.15) is 0 Å². The molecule has 0 aliphatic carbocycles. The Labute approximate surface area is 242 Å². The summed E-state index contributed by atoms with van der Waals surface area (Å²) in [5.74, 6) is 1.18. The van der Waals surface area contributed by atoms with Gasteiger partial charge in [0.05, 0.1) is 0 Å². The van der Waals surface area contributed by atoms with E-state index in [0.29, 0.717) is 11.6 Å². The van der Waals surface area contributed by atoms with Crippen molar-refractivity contribution in [2.45, 2.75) is 0 Å². The fourth-order valence-corrected chi connectivity index (χ4v) is 2.42. The molecule has 0 aromatic carbocycles. The Bertz CT molecular complexity index is 582. The van der Waals surface area contributed by atoms with Crippen LogP contribution in [0.2, 0.25) is 0 Å². The number of hydrogen-bond donors (Lipinski definition) is 0. The Hall–Kier alpha value is -0.781. The molecule has 218 valence electrons. The third-order valence-electron chi connectivity index (χ3n) is 4.84. The number of nitrogens with zero attached hydrogens (tertiary/aromatic N) is 10. The molecule has 2 rings (SSSR count). The predicted molar refractivity (Wildman–Crippen MR) is 143 cm³/mol. The zero-order valence-corrected chi connectivity index (χ0v) is 25.9. The van der Waals surface area contributed by atoms with Crippen LogP contribution >= 0.6 is 0 Å². The van der Waals surface area contributed by atoms with Gasteiger partial charge in [0, 0.05) is 52.4 Å². The average Bonchev–Trinajstić information content (AvgIpc) is 3.48. The van der Waals surface area contributed by atoms with Gasteiger partial charge in [0.2, 0.25) is 0 Å². The maximum absolute atomic E-state index is 3.92. The normalized spacial score (nSPS) is 10.8. The van der Waals surface area contributed by atoms with Crippen LogP contribution in [0.1, 0.15) is 0 Å². The Morgan fingerprint density at radius 1 is 0.472 bits per heavy atom. The summed E-state index contributed by atoms with van der Waals surface area (Å²) >= 11 is 0. The van der Waals surface area contributed by atoms with E-state index in [9.17, 15) is 0 Å². The fraction of sp³-hybridized carbons (Fsp3) is 0.750. The van der Waals surface area contributed by atoms with Crippen LogP contribution in [0.3, 0.4) is 0 Å². The number of likely N-dealkylation sites (N-methyl/N-ethyl adjacent to an activating group) is 6. The Morgan fingerprint density at radius 3 is 0.889 bits per heavy atom. The summed E-state index contributed by atoms with van der Waals surface area (Å²) in [6.45, 7) is 9.19. The molecule has 36 heavy (non-hydrogen) atoms. The van der Waals surface area contributed by atoms with Crippen LogP contribution in [0.4, 0.5) is 0 Å². The molecular formula is C24H50Cu2N10. The van der Waals surface area contributed by atoms with E-state index in [1.165, 1.54) is 0 Å². The second-order valence-electron chi connectivity index (χ2n) is 9.58. The van der Waals surface area contributed by atoms with Crippen LogP contribution in [0.5, 0.6) is 0 Å². The molecule has 0 unspecified atom stereocenters. The molecule has 0 bridgehead atoms. The molecule has 12 heteroatoms. The Morgan fingerprint density at radius 2 is 0.722 bits per heavy atom. The van der Waals surface area contributed by atoms with Crippen LogP contribution in [0.25, 0.3) is 11.6 Å². The van der Waals surface area contributed by atoms with Gasteiger partial charge in [-0.05, 0) is 70.5 Å². The molecule has 0 amide bonds. The zero-order valence-electron chi connectivity index (χ0n) is 24.0. The Balaban J connectivity index is -0.000000442. The van der Waals surface area contributed by atoms with Gasteiger partial charge in [-0.15, -0.1) is 0 Å². The molecule has 0 radical (unpaired) electrons. The van der Waals surface area contributed by atoms with Crippen molar-refractivity contribution in [1.29, 1.82) is 0 Å². The topological polar surface area (TPSA) is 73.4 Å². The minimum atomic E-state index is 0. The summed E-state index contributed by atoms with van der Waals surface area (Å²) in [4.78, 5) is 29.3. The van der Waals surface area contributed by atoms with Gasteiger partial charge in [0.25, 0.3) is 0 Å². The zero-order chi connectivity index (χ0) is 25.9. The van der Waals surface area contributed by atoms with Gasteiger partial charge >= 0.3 is 34.1 Å². The first-order valence-corrected chi connectivity index (χ1v) is 11.8. The largest absolute Gasteiger partial charge is 1.00 e. The summed E-state index contributed by atoms with van der Waals surface area (Å²) in [7, 11) is 21.2. The summed E-state index contributed by atoms with van der Waals surface area (Å²) < 4.78 is 0. The van der Waals surface area contributed by atoms with Gasteiger partial charge in [0.15, 0.2) is 0 Å². The minimum Gasteiger partial charge on any atom is -0.443 e. The first-order valence-electron chi connectivity index (χ1n) is 11.8. The second kappa shape index (κ2) is 24.5. The third kappa shape index (κ3) is 24.9. The van der Waals surface area contributed by atoms with Crippen molar-refractivity contribution in [1.82, 2.24) is 49.3 Å². The fourth-order valence-electron chi connectivity index (χ4n) is 2.42. The van der Waals surface area contributed by atoms with Gasteiger partial charge in [-0.25, -0.2) is 0 Å². The first kappa shape index (κ1) is 39.7. The van der Waals surface area contributed by atoms with Crippen molar-refractivity contribution in [2.75, 3.05) is 123 Å². The van der Waals surface area contributed by atoms with Crippen molar-refractivity contribution in [3.63, 3.8) is 0 Å². The summed E-state index contributed by atoms with van der Waals surface area (Å²) in [5.41, 5.74) is 0. The van der Waals surface area contributed by atoms with Crippen molar-refractivity contribution in [3.05, 3.63) is 24.8 Å². The number of imidazole rings is 2. The van der Waals surface area contributed by atoms with Crippen LogP contribution in [-0.2, 0) is 34.1 Å². The van der Waals surface area contributed by atoms with E-state index >= 15 is 0 Å². The molecule has 0 fully saturated rings. The van der Waals surface area contributed by atoms with Crippen LogP contribution in [-0.4, -0.2) is 162 Å². The standard InChI is InChI=1S/2C9H23N3.C6H4N4.2Cu/c2*1-10(2)6-8-12(5)9-7-11(3)4;1-2-8-5(7-1)6-9-3-4-10-6;;/h2*6-9H2,1-5H3;1-4H;;/q;;-2;2*+1. The van der Waals surface area contributed by atoms with Gasteiger partial charge in [-0.1, -0.05) is 36.4 Å². The van der Waals surface area contributed by atoms with E-state index < -0.39 is 0 Å². The van der Waals surface area contributed by atoms with E-state index in [-0.39, 0.29) is 34.1 Å². The molecule has 2 aromatic rings. The van der Waals surface area contributed by atoms with E-state index in [1.54, 1.807) is 24.8 Å². The van der Waals surface area contributed by atoms with Crippen molar-refractivity contribution in [3.8, 4) is 11.6 Å². The first-order chi connectivity index (χ1) is 16.0. The van der Waals surface area contributed by atoms with Crippen molar-refractivity contribution >= 4 is 0 Å². The van der Waals surface area contributed by atoms with E-state index in [4.69, 9.17) is 0 Å². The van der Waals surface area contributed by atoms with E-state index in [0.717, 1.165) is 52.4 Å². The molecule has 10 nitrogen and oxygen atoms in total. The SMILES string of the molecule is CN(C)CCN(C)CCN(C)C.CN(C)CCN(C)CCN(C)C.[Cu+].[Cu+].c1c[n-]c(-c2ncc[n-]2)n1. The van der Waals surface area contributed by atoms with Crippen LogP contribution in [0.15, 0.2) is 24.8 Å². The van der Waals surface area contributed by atoms with E-state index in [2.05, 4.69) is 120 Å². The number of aromatic nitrogens is 4. The molecule has 2 heterocycles. The maximum Gasteiger partial charge on any atom is 1.00 e. The molecule has 0 saturated heterocycles. The van der Waals surface area contributed by atoms with Crippen LogP contribution in [0, 0.1) is 0 Å². The molecule has 0 aliphatic rings. The van der Waals surface area contributed by atoms with Gasteiger partial charge in [-0.3, -0.25) is 0 Å². The molecular weight excluding hydrogens is 555 g/mol. The number of rotatable bonds is 13. The number of hydrogen-bond acceptors (Lipinski definition) is 8. The summed E-state index contributed by atoms with van der Waals surface area (Å²) in [6, 6.07) is 0. The molecule has 0 aliphatic heterocycles. The molecule has 0 atom stereocenters. The molecule has 0 spiro atoms. The predicted octanol–water partition coefficient (Wildman–Crippen LogP) is 0.136. The maximum atomic E-state index is 3.92. The monoisotopic (exact) mass is 604 g/mol. The second-order valence-corrected chi connectivity index (χ2v) is 9.58. The summed E-state index contributed by atoms with van der Waals surface area (Å²) in [6.07, 6.45) is 6.47. The quantitative estimate of drug-likeness (QED) is 0.295. The smallest absolute Gasteiger partial charge is 0.443 e. The Kier molecular flexibility index (Phi) is 27.1. The molecule has 2 aromatic heterocycles. The molecule has 0 saturated carbocycles. The van der Waals surface area contributed by atoms with E-state index in [1.807, 2.05) is 0 Å². The summed E-state index contributed by atoms with van der Waals surface area (Å²) in [5, 5.41) is 0. The van der Waals surface area contributed by atoms with Gasteiger partial charge in [0.1, 0.15) is 0 Å². The van der Waals surface area contributed by atoms with Crippen molar-refractivity contribution < 1.29 is 34.1 Å². The van der Waals surface area contributed by atoms with Crippen molar-refractivity contribution in [2.24, 2.45) is 0 Å². The molecule has 0 N–H and O–H groups in total. The minimum absolute atomic E-state index is 0.